The van der Waals surface area contributed by atoms with Crippen molar-refractivity contribution in [1.29, 1.82) is 0 Å². The average Bonchev–Trinajstić information content (AvgIpc) is 3.04. The van der Waals surface area contributed by atoms with E-state index in [0.29, 0.717) is 24.1 Å². The first-order valence-electron chi connectivity index (χ1n) is 6.37. The Hall–Kier alpha value is -1.86. The van der Waals surface area contributed by atoms with E-state index in [1.165, 1.54) is 11.3 Å². The number of anilines is 1. The lowest BCUT2D eigenvalue weighted by molar-refractivity contribution is -0.123. The minimum absolute atomic E-state index is 0.0359. The number of thiazole rings is 1. The van der Waals surface area contributed by atoms with Crippen LogP contribution in [0.5, 0.6) is 5.19 Å². The van der Waals surface area contributed by atoms with Crippen molar-refractivity contribution >= 4 is 33.1 Å². The number of aromatic nitrogens is 1. The predicted octanol–water partition coefficient (Wildman–Crippen LogP) is 1.16. The van der Waals surface area contributed by atoms with Crippen molar-refractivity contribution in [1.82, 2.24) is 10.3 Å². The predicted molar refractivity (Wildman–Crippen MR) is 76.9 cm³/mol. The third-order valence-electron chi connectivity index (χ3n) is 3.01. The molecule has 7 heteroatoms. The van der Waals surface area contributed by atoms with Gasteiger partial charge in [0.15, 0.2) is 6.61 Å². The van der Waals surface area contributed by atoms with E-state index in [0.717, 1.165) is 16.6 Å². The zero-order valence-corrected chi connectivity index (χ0v) is 11.6. The molecule has 1 aliphatic heterocycles. The number of hydrogen-bond acceptors (Lipinski definition) is 6. The van der Waals surface area contributed by atoms with Gasteiger partial charge in [0.05, 0.1) is 22.9 Å². The summed E-state index contributed by atoms with van der Waals surface area (Å²) in [6.07, 6.45) is 0.853. The first kappa shape index (κ1) is 13.1. The van der Waals surface area contributed by atoms with E-state index in [1.807, 2.05) is 12.1 Å². The molecule has 0 bridgehead atoms. The number of carbonyl (C=O) groups excluding carboxylic acids is 1. The summed E-state index contributed by atoms with van der Waals surface area (Å²) < 4.78 is 11.6. The Morgan fingerprint density at radius 3 is 3.30 bits per heavy atom. The summed E-state index contributed by atoms with van der Waals surface area (Å²) in [6, 6.07) is 5.57. The number of nitrogens with one attached hydrogen (secondary N) is 1. The molecular weight excluding hydrogens is 278 g/mol. The zero-order chi connectivity index (χ0) is 13.9. The van der Waals surface area contributed by atoms with Gasteiger partial charge in [0.1, 0.15) is 0 Å². The third kappa shape index (κ3) is 3.00. The summed E-state index contributed by atoms with van der Waals surface area (Å²) in [4.78, 5) is 16.0. The number of amides is 1. The summed E-state index contributed by atoms with van der Waals surface area (Å²) in [6.45, 7) is 1.24. The van der Waals surface area contributed by atoms with Crippen molar-refractivity contribution < 1.29 is 14.3 Å². The van der Waals surface area contributed by atoms with Crippen LogP contribution in [-0.2, 0) is 9.53 Å². The zero-order valence-electron chi connectivity index (χ0n) is 10.8. The highest BCUT2D eigenvalue weighted by molar-refractivity contribution is 7.20. The summed E-state index contributed by atoms with van der Waals surface area (Å²) in [5.41, 5.74) is 7.22. The van der Waals surface area contributed by atoms with E-state index in [9.17, 15) is 4.79 Å². The van der Waals surface area contributed by atoms with Gasteiger partial charge in [-0.25, -0.2) is 4.98 Å². The number of nitrogens with two attached hydrogens (primary N) is 1. The summed E-state index contributed by atoms with van der Waals surface area (Å²) in [5, 5.41) is 3.34. The Morgan fingerprint density at radius 1 is 1.60 bits per heavy atom. The normalized spacial score (nSPS) is 18.3. The van der Waals surface area contributed by atoms with Crippen molar-refractivity contribution in [2.75, 3.05) is 25.6 Å². The highest BCUT2D eigenvalue weighted by Crippen LogP contribution is 2.28. The topological polar surface area (TPSA) is 86.5 Å². The van der Waals surface area contributed by atoms with Crippen LogP contribution < -0.4 is 15.8 Å². The van der Waals surface area contributed by atoms with Crippen LogP contribution >= 0.6 is 11.3 Å². The molecule has 1 aromatic heterocycles. The second-order valence-corrected chi connectivity index (χ2v) is 5.62. The van der Waals surface area contributed by atoms with E-state index >= 15 is 0 Å². The second kappa shape index (κ2) is 5.64. The first-order valence-corrected chi connectivity index (χ1v) is 7.18. The molecule has 2 heterocycles. The largest absolute Gasteiger partial charge is 0.460 e. The van der Waals surface area contributed by atoms with E-state index in [2.05, 4.69) is 10.3 Å². The summed E-state index contributed by atoms with van der Waals surface area (Å²) in [5.74, 6) is -0.153. The van der Waals surface area contributed by atoms with Gasteiger partial charge in [-0.3, -0.25) is 4.79 Å². The van der Waals surface area contributed by atoms with Gasteiger partial charge >= 0.3 is 0 Å². The Balaban J connectivity index is 1.57. The number of nitrogen functional groups attached to an aromatic ring is 1. The number of fused-ring (bicyclic) bond motifs is 1. The van der Waals surface area contributed by atoms with Crippen LogP contribution in [0, 0.1) is 0 Å². The molecule has 2 aromatic rings. The van der Waals surface area contributed by atoms with Crippen molar-refractivity contribution in [3.8, 4) is 5.19 Å². The van der Waals surface area contributed by atoms with Gasteiger partial charge in [0.2, 0.25) is 0 Å². The lowest BCUT2D eigenvalue weighted by Gasteiger charge is -2.10. The smallest absolute Gasteiger partial charge is 0.274 e. The summed E-state index contributed by atoms with van der Waals surface area (Å²) in [7, 11) is 0. The highest BCUT2D eigenvalue weighted by atomic mass is 32.1. The van der Waals surface area contributed by atoms with Crippen LogP contribution in [0.1, 0.15) is 6.42 Å². The van der Waals surface area contributed by atoms with Crippen LogP contribution in [0.2, 0.25) is 0 Å². The Bertz CT molecular complexity index is 622. The molecule has 1 saturated heterocycles. The van der Waals surface area contributed by atoms with Crippen LogP contribution in [0.15, 0.2) is 18.2 Å². The van der Waals surface area contributed by atoms with E-state index < -0.39 is 0 Å². The van der Waals surface area contributed by atoms with Crippen molar-refractivity contribution in [2.45, 2.75) is 12.5 Å². The molecule has 3 N–H and O–H groups in total. The molecule has 1 atom stereocenters. The number of rotatable bonds is 4. The van der Waals surface area contributed by atoms with E-state index in [-0.39, 0.29) is 18.6 Å². The van der Waals surface area contributed by atoms with E-state index in [4.69, 9.17) is 15.2 Å². The number of ether oxygens (including phenoxy) is 2. The number of carbonyl (C=O) groups is 1. The number of benzene rings is 1. The lowest BCUT2D eigenvalue weighted by Crippen LogP contribution is -2.38. The SMILES string of the molecule is Nc1ccc2nc(OCC(=O)NC3CCOC3)sc2c1. The van der Waals surface area contributed by atoms with Crippen molar-refractivity contribution in [2.24, 2.45) is 0 Å². The molecule has 1 unspecified atom stereocenters. The van der Waals surface area contributed by atoms with Crippen LogP contribution in [0.25, 0.3) is 10.2 Å². The van der Waals surface area contributed by atoms with E-state index in [1.54, 1.807) is 6.07 Å². The van der Waals surface area contributed by atoms with Crippen LogP contribution in [-0.4, -0.2) is 36.8 Å². The fourth-order valence-electron chi connectivity index (χ4n) is 2.03. The average molecular weight is 293 g/mol. The minimum atomic E-state index is -0.153. The fourth-order valence-corrected chi connectivity index (χ4v) is 2.89. The molecule has 1 fully saturated rings. The number of hydrogen-bond donors (Lipinski definition) is 2. The maximum atomic E-state index is 11.7. The second-order valence-electron chi connectivity index (χ2n) is 4.62. The quantitative estimate of drug-likeness (QED) is 0.826. The van der Waals surface area contributed by atoms with Crippen LogP contribution in [0.4, 0.5) is 5.69 Å². The number of nitrogens with zero attached hydrogens (tertiary/aromatic N) is 1. The third-order valence-corrected chi connectivity index (χ3v) is 3.95. The molecule has 1 aromatic carbocycles. The van der Waals surface area contributed by atoms with Gasteiger partial charge in [0, 0.05) is 12.3 Å². The van der Waals surface area contributed by atoms with Crippen molar-refractivity contribution in [3.05, 3.63) is 18.2 Å². The van der Waals surface area contributed by atoms with Gasteiger partial charge < -0.3 is 20.5 Å². The standard InChI is InChI=1S/C13H15N3O3S/c14-8-1-2-10-11(5-8)20-13(16-10)19-7-12(17)15-9-3-4-18-6-9/h1-2,5,9H,3-4,6-7,14H2,(H,15,17). The molecule has 3 rings (SSSR count). The minimum Gasteiger partial charge on any atom is -0.460 e. The Morgan fingerprint density at radius 2 is 2.50 bits per heavy atom. The fraction of sp³-hybridized carbons (Fsp3) is 0.385. The maximum absolute atomic E-state index is 11.7. The molecular formula is C13H15N3O3S. The Labute approximate surface area is 119 Å². The first-order chi connectivity index (χ1) is 9.70. The van der Waals surface area contributed by atoms with Gasteiger partial charge in [-0.15, -0.1) is 0 Å². The van der Waals surface area contributed by atoms with Gasteiger partial charge in [0.25, 0.3) is 11.1 Å². The van der Waals surface area contributed by atoms with Gasteiger partial charge in [-0.2, -0.15) is 0 Å². The van der Waals surface area contributed by atoms with Crippen LogP contribution in [0.3, 0.4) is 0 Å². The highest BCUT2D eigenvalue weighted by Gasteiger charge is 2.18. The van der Waals surface area contributed by atoms with Gasteiger partial charge in [-0.1, -0.05) is 11.3 Å². The lowest BCUT2D eigenvalue weighted by atomic mass is 10.2. The molecule has 1 amide bonds. The molecule has 0 saturated carbocycles. The molecule has 0 spiro atoms. The van der Waals surface area contributed by atoms with Crippen molar-refractivity contribution in [3.63, 3.8) is 0 Å². The summed E-state index contributed by atoms with van der Waals surface area (Å²) >= 11 is 1.38. The molecule has 0 radical (unpaired) electrons. The molecule has 20 heavy (non-hydrogen) atoms. The monoisotopic (exact) mass is 293 g/mol. The Kier molecular flexibility index (Phi) is 3.70. The van der Waals surface area contributed by atoms with Gasteiger partial charge in [-0.05, 0) is 24.6 Å². The molecule has 106 valence electrons. The maximum Gasteiger partial charge on any atom is 0.274 e. The molecule has 1 aliphatic rings. The molecule has 6 nitrogen and oxygen atoms in total. The molecule has 0 aliphatic carbocycles.